The minimum atomic E-state index is -1.45. The fourth-order valence-electron chi connectivity index (χ4n) is 2.73. The highest BCUT2D eigenvalue weighted by Crippen LogP contribution is 2.41. The van der Waals surface area contributed by atoms with Crippen molar-refractivity contribution in [1.82, 2.24) is 0 Å². The van der Waals surface area contributed by atoms with E-state index in [9.17, 15) is 0 Å². The first kappa shape index (κ1) is 8.71. The lowest BCUT2D eigenvalue weighted by atomic mass is 9.96. The van der Waals surface area contributed by atoms with Crippen molar-refractivity contribution in [1.29, 1.82) is 0 Å². The molecule has 0 heterocycles. The van der Waals surface area contributed by atoms with E-state index >= 15 is 0 Å². The summed E-state index contributed by atoms with van der Waals surface area (Å²) in [7, 11) is 0. The number of fused-ring (bicyclic) bond motifs is 3. The molecule has 0 bridgehead atoms. The summed E-state index contributed by atoms with van der Waals surface area (Å²) >= 11 is 0. The number of benzene rings is 3. The standard InChI is InChI=1S/C19H14/c1-2-7-14(8-3-1)16-11-6-12-18-17-10-5-4-9-15(17)13-19(16)18/h1-12H,13H2/i13D2. The van der Waals surface area contributed by atoms with E-state index < -0.39 is 6.37 Å². The molecule has 0 atom stereocenters. The Bertz CT molecular complexity index is 820. The maximum atomic E-state index is 8.61. The Hall–Kier alpha value is -2.34. The Morgan fingerprint density at radius 3 is 2.21 bits per heavy atom. The van der Waals surface area contributed by atoms with Gasteiger partial charge in [0, 0.05) is 2.74 Å². The van der Waals surface area contributed by atoms with Crippen LogP contribution in [0.1, 0.15) is 13.9 Å². The van der Waals surface area contributed by atoms with Gasteiger partial charge < -0.3 is 0 Å². The van der Waals surface area contributed by atoms with Gasteiger partial charge in [0.05, 0.1) is 0 Å². The fourth-order valence-corrected chi connectivity index (χ4v) is 2.73. The van der Waals surface area contributed by atoms with E-state index in [0.717, 1.165) is 33.4 Å². The minimum absolute atomic E-state index is 0.767. The molecule has 0 aliphatic heterocycles. The molecule has 0 fully saturated rings. The lowest BCUT2D eigenvalue weighted by molar-refractivity contribution is 1.26. The lowest BCUT2D eigenvalue weighted by Gasteiger charge is -2.08. The zero-order valence-electron chi connectivity index (χ0n) is 12.4. The summed E-state index contributed by atoms with van der Waals surface area (Å²) in [6.07, 6.45) is -1.45. The van der Waals surface area contributed by atoms with Gasteiger partial charge >= 0.3 is 0 Å². The van der Waals surface area contributed by atoms with Crippen LogP contribution in [-0.4, -0.2) is 0 Å². The summed E-state index contributed by atoms with van der Waals surface area (Å²) in [4.78, 5) is 0. The van der Waals surface area contributed by atoms with Gasteiger partial charge in [-0.05, 0) is 39.8 Å². The average Bonchev–Trinajstić information content (AvgIpc) is 2.77. The predicted molar refractivity (Wildman–Crippen MR) is 80.1 cm³/mol. The number of hydrogen-bond donors (Lipinski definition) is 0. The summed E-state index contributed by atoms with van der Waals surface area (Å²) in [6.45, 7) is 0. The molecule has 0 saturated carbocycles. The highest BCUT2D eigenvalue weighted by atomic mass is 14.2. The van der Waals surface area contributed by atoms with Crippen LogP contribution in [0.25, 0.3) is 22.3 Å². The van der Waals surface area contributed by atoms with Crippen molar-refractivity contribution in [3.63, 3.8) is 0 Å². The van der Waals surface area contributed by atoms with Gasteiger partial charge in [-0.1, -0.05) is 72.8 Å². The summed E-state index contributed by atoms with van der Waals surface area (Å²) in [5, 5.41) is 0. The zero-order chi connectivity index (χ0) is 14.4. The highest BCUT2D eigenvalue weighted by Gasteiger charge is 2.20. The molecular formula is C19H14. The molecule has 0 saturated heterocycles. The summed E-state index contributed by atoms with van der Waals surface area (Å²) in [6, 6.07) is 23.9. The topological polar surface area (TPSA) is 0 Å². The van der Waals surface area contributed by atoms with Crippen molar-refractivity contribution in [2.45, 2.75) is 6.37 Å². The zero-order valence-corrected chi connectivity index (χ0v) is 10.4. The van der Waals surface area contributed by atoms with Crippen molar-refractivity contribution >= 4 is 0 Å². The molecule has 3 aromatic carbocycles. The lowest BCUT2D eigenvalue weighted by Crippen LogP contribution is -1.87. The minimum Gasteiger partial charge on any atom is -0.0622 e. The third kappa shape index (κ3) is 1.61. The van der Waals surface area contributed by atoms with E-state index in [-0.39, 0.29) is 0 Å². The van der Waals surface area contributed by atoms with Crippen molar-refractivity contribution in [2.24, 2.45) is 0 Å². The molecule has 0 unspecified atom stereocenters. The second-order valence-corrected chi connectivity index (χ2v) is 4.76. The molecule has 0 aromatic heterocycles. The SMILES string of the molecule is [2H]C1([2H])c2ccccc2-c2cccc(-c3ccccc3)c21. The molecule has 0 amide bonds. The summed E-state index contributed by atoms with van der Waals surface area (Å²) in [5.74, 6) is 0. The third-order valence-electron chi connectivity index (χ3n) is 3.63. The van der Waals surface area contributed by atoms with Gasteiger partial charge in [0.25, 0.3) is 0 Å². The van der Waals surface area contributed by atoms with Crippen molar-refractivity contribution in [3.8, 4) is 22.3 Å². The summed E-state index contributed by atoms with van der Waals surface area (Å²) < 4.78 is 17.2. The van der Waals surface area contributed by atoms with Crippen LogP contribution in [0.2, 0.25) is 0 Å². The molecule has 0 nitrogen and oxygen atoms in total. The van der Waals surface area contributed by atoms with Crippen LogP contribution in [0.3, 0.4) is 0 Å². The second kappa shape index (κ2) is 4.10. The van der Waals surface area contributed by atoms with Gasteiger partial charge in [0.2, 0.25) is 0 Å². The highest BCUT2D eigenvalue weighted by molar-refractivity contribution is 5.84. The predicted octanol–water partition coefficient (Wildman–Crippen LogP) is 4.92. The van der Waals surface area contributed by atoms with Crippen molar-refractivity contribution < 1.29 is 2.74 Å². The van der Waals surface area contributed by atoms with Crippen LogP contribution in [0, 0.1) is 0 Å². The Morgan fingerprint density at radius 2 is 1.32 bits per heavy atom. The molecule has 0 heteroatoms. The van der Waals surface area contributed by atoms with Crippen LogP contribution < -0.4 is 0 Å². The van der Waals surface area contributed by atoms with Crippen molar-refractivity contribution in [3.05, 3.63) is 83.9 Å². The van der Waals surface area contributed by atoms with Crippen LogP contribution in [0.15, 0.2) is 72.8 Å². The van der Waals surface area contributed by atoms with E-state index in [1.54, 1.807) is 0 Å². The van der Waals surface area contributed by atoms with E-state index in [0.29, 0.717) is 0 Å². The first-order valence-corrected chi connectivity index (χ1v) is 6.48. The number of rotatable bonds is 1. The molecule has 90 valence electrons. The van der Waals surface area contributed by atoms with E-state index in [2.05, 4.69) is 0 Å². The monoisotopic (exact) mass is 244 g/mol. The maximum Gasteiger partial charge on any atom is 0.0366 e. The average molecular weight is 244 g/mol. The normalized spacial score (nSPS) is 16.2. The molecule has 0 spiro atoms. The van der Waals surface area contributed by atoms with Gasteiger partial charge in [-0.3, -0.25) is 0 Å². The maximum absolute atomic E-state index is 8.61. The molecule has 3 aromatic rings. The van der Waals surface area contributed by atoms with E-state index in [4.69, 9.17) is 2.74 Å². The Labute approximate surface area is 116 Å². The fraction of sp³-hybridized carbons (Fsp3) is 0.0526. The molecular weight excluding hydrogens is 228 g/mol. The first-order chi connectivity index (χ1) is 10.2. The van der Waals surface area contributed by atoms with Crippen LogP contribution in [0.5, 0.6) is 0 Å². The second-order valence-electron chi connectivity index (χ2n) is 4.76. The van der Waals surface area contributed by atoms with E-state index in [1.807, 2.05) is 72.8 Å². The van der Waals surface area contributed by atoms with Crippen LogP contribution in [0.4, 0.5) is 0 Å². The largest absolute Gasteiger partial charge is 0.0622 e. The van der Waals surface area contributed by atoms with Gasteiger partial charge in [0.15, 0.2) is 0 Å². The Balaban J connectivity index is 2.06. The smallest absolute Gasteiger partial charge is 0.0366 e. The van der Waals surface area contributed by atoms with E-state index in [1.165, 1.54) is 0 Å². The van der Waals surface area contributed by atoms with Crippen molar-refractivity contribution in [2.75, 3.05) is 0 Å². The molecule has 1 aliphatic rings. The van der Waals surface area contributed by atoms with Gasteiger partial charge in [-0.15, -0.1) is 0 Å². The quantitative estimate of drug-likeness (QED) is 0.569. The number of hydrogen-bond acceptors (Lipinski definition) is 0. The molecule has 0 N–H and O–H groups in total. The van der Waals surface area contributed by atoms with Gasteiger partial charge in [-0.2, -0.15) is 0 Å². The van der Waals surface area contributed by atoms with Crippen LogP contribution >= 0.6 is 0 Å². The molecule has 19 heavy (non-hydrogen) atoms. The molecule has 0 radical (unpaired) electrons. The van der Waals surface area contributed by atoms with Gasteiger partial charge in [0.1, 0.15) is 0 Å². The molecule has 4 rings (SSSR count). The van der Waals surface area contributed by atoms with Gasteiger partial charge in [-0.25, -0.2) is 0 Å². The Kier molecular flexibility index (Phi) is 1.88. The third-order valence-corrected chi connectivity index (χ3v) is 3.63. The molecule has 1 aliphatic carbocycles. The first-order valence-electron chi connectivity index (χ1n) is 7.48. The van der Waals surface area contributed by atoms with Crippen LogP contribution in [-0.2, 0) is 6.37 Å². The summed E-state index contributed by atoms with van der Waals surface area (Å²) in [5.41, 5.74) is 5.62. The Morgan fingerprint density at radius 1 is 0.632 bits per heavy atom.